The van der Waals surface area contributed by atoms with Crippen molar-refractivity contribution < 1.29 is 4.79 Å². The van der Waals surface area contributed by atoms with E-state index in [1.54, 1.807) is 18.2 Å². The molecule has 2 aromatic heterocycles. The van der Waals surface area contributed by atoms with E-state index in [9.17, 15) is 4.79 Å². The van der Waals surface area contributed by atoms with Crippen LogP contribution in [-0.4, -0.2) is 25.7 Å². The second-order valence-corrected chi connectivity index (χ2v) is 7.58. The van der Waals surface area contributed by atoms with Crippen LogP contribution in [0.3, 0.4) is 0 Å². The van der Waals surface area contributed by atoms with Crippen LogP contribution in [0.1, 0.15) is 36.0 Å². The van der Waals surface area contributed by atoms with Gasteiger partial charge < -0.3 is 5.32 Å². The lowest BCUT2D eigenvalue weighted by molar-refractivity contribution is -0.116. The highest BCUT2D eigenvalue weighted by Gasteiger charge is 2.30. The number of halogens is 2. The van der Waals surface area contributed by atoms with Crippen LogP contribution in [0.25, 0.3) is 4.96 Å². The normalized spacial score (nSPS) is 14.2. The molecule has 1 amide bonds. The lowest BCUT2D eigenvalue weighted by Gasteiger charge is -2.06. The summed E-state index contributed by atoms with van der Waals surface area (Å²) in [4.78, 5) is 12.9. The predicted molar refractivity (Wildman–Crippen MR) is 94.0 cm³/mol. The number of hydrogen-bond donors (Lipinski definition) is 1. The topological polar surface area (TPSA) is 72.2 Å². The van der Waals surface area contributed by atoms with Crippen LogP contribution in [0.15, 0.2) is 18.2 Å². The number of nitrogens with one attached hydrogen (secondary N) is 1. The smallest absolute Gasteiger partial charge is 0.234 e. The van der Waals surface area contributed by atoms with E-state index in [-0.39, 0.29) is 5.91 Å². The fourth-order valence-corrected chi connectivity index (χ4v) is 3.69. The fraction of sp³-hybridized carbons (Fsp3) is 0.333. The molecule has 4 rings (SSSR count). The number of carbonyl (C=O) groups excluding carboxylic acids is 1. The Morgan fingerprint density at radius 2 is 2.17 bits per heavy atom. The molecule has 1 aliphatic rings. The van der Waals surface area contributed by atoms with Crippen molar-refractivity contribution in [1.82, 2.24) is 19.8 Å². The van der Waals surface area contributed by atoms with E-state index in [4.69, 9.17) is 23.2 Å². The standard InChI is InChI=1S/C15H13Cl2N5OS/c16-9-3-4-11(10(17)7-9)18-12(23)5-6-13-21-22-14(8-1-2-8)19-20-15(22)24-13/h3-4,7-8H,1-2,5-6H2,(H,18,23). The summed E-state index contributed by atoms with van der Waals surface area (Å²) < 4.78 is 1.81. The molecule has 0 bridgehead atoms. The third-order valence-electron chi connectivity index (χ3n) is 3.77. The van der Waals surface area contributed by atoms with Gasteiger partial charge in [-0.05, 0) is 31.0 Å². The lowest BCUT2D eigenvalue weighted by Crippen LogP contribution is -2.12. The lowest BCUT2D eigenvalue weighted by atomic mass is 10.2. The molecule has 0 unspecified atom stereocenters. The van der Waals surface area contributed by atoms with E-state index in [1.165, 1.54) is 11.3 Å². The number of aromatic nitrogens is 4. The van der Waals surface area contributed by atoms with Gasteiger partial charge in [-0.3, -0.25) is 4.79 Å². The van der Waals surface area contributed by atoms with Gasteiger partial charge in [0.25, 0.3) is 0 Å². The first-order valence-corrected chi connectivity index (χ1v) is 9.13. The highest BCUT2D eigenvalue weighted by molar-refractivity contribution is 7.16. The van der Waals surface area contributed by atoms with Crippen molar-refractivity contribution in [3.8, 4) is 0 Å². The Morgan fingerprint density at radius 1 is 1.33 bits per heavy atom. The number of nitrogens with zero attached hydrogens (tertiary/aromatic N) is 4. The molecule has 124 valence electrons. The average Bonchev–Trinajstić information content (AvgIpc) is 3.18. The quantitative estimate of drug-likeness (QED) is 0.726. The zero-order chi connectivity index (χ0) is 16.7. The second-order valence-electron chi connectivity index (χ2n) is 5.69. The maximum absolute atomic E-state index is 12.1. The van der Waals surface area contributed by atoms with Crippen molar-refractivity contribution in [2.45, 2.75) is 31.6 Å². The van der Waals surface area contributed by atoms with Gasteiger partial charge in [-0.1, -0.05) is 34.5 Å². The molecule has 1 fully saturated rings. The number of hydrogen-bond acceptors (Lipinski definition) is 5. The van der Waals surface area contributed by atoms with E-state index in [1.807, 2.05) is 4.52 Å². The highest BCUT2D eigenvalue weighted by atomic mass is 35.5. The van der Waals surface area contributed by atoms with Crippen molar-refractivity contribution in [3.63, 3.8) is 0 Å². The second kappa shape index (κ2) is 6.31. The zero-order valence-electron chi connectivity index (χ0n) is 12.5. The first-order chi connectivity index (χ1) is 11.6. The Kier molecular flexibility index (Phi) is 4.15. The Bertz CT molecular complexity index is 918. The molecule has 1 N–H and O–H groups in total. The van der Waals surface area contributed by atoms with Gasteiger partial charge >= 0.3 is 0 Å². The SMILES string of the molecule is O=C(CCc1nn2c(C3CC3)nnc2s1)Nc1ccc(Cl)cc1Cl. The van der Waals surface area contributed by atoms with Crippen molar-refractivity contribution in [2.75, 3.05) is 5.32 Å². The van der Waals surface area contributed by atoms with Crippen LogP contribution in [0.4, 0.5) is 5.69 Å². The van der Waals surface area contributed by atoms with Crippen molar-refractivity contribution >= 4 is 51.1 Å². The van der Waals surface area contributed by atoms with Gasteiger partial charge in [-0.15, -0.1) is 10.2 Å². The number of amides is 1. The molecule has 3 aromatic rings. The molecule has 6 nitrogen and oxygen atoms in total. The van der Waals surface area contributed by atoms with Crippen LogP contribution in [0.5, 0.6) is 0 Å². The minimum atomic E-state index is -0.118. The van der Waals surface area contributed by atoms with Crippen molar-refractivity contribution in [1.29, 1.82) is 0 Å². The Morgan fingerprint density at radius 3 is 2.92 bits per heavy atom. The van der Waals surface area contributed by atoms with Gasteiger partial charge in [0.05, 0.1) is 10.7 Å². The van der Waals surface area contributed by atoms with Gasteiger partial charge in [0, 0.05) is 23.8 Å². The Hall–Kier alpha value is -1.70. The summed E-state index contributed by atoms with van der Waals surface area (Å²) in [6, 6.07) is 4.97. The van der Waals surface area contributed by atoms with Crippen LogP contribution >= 0.6 is 34.5 Å². The molecule has 9 heteroatoms. The monoisotopic (exact) mass is 381 g/mol. The maximum Gasteiger partial charge on any atom is 0.234 e. The van der Waals surface area contributed by atoms with E-state index < -0.39 is 0 Å². The average molecular weight is 382 g/mol. The minimum Gasteiger partial charge on any atom is -0.325 e. The fourth-order valence-electron chi connectivity index (χ4n) is 2.39. The number of fused-ring (bicyclic) bond motifs is 1. The molecule has 0 saturated heterocycles. The first-order valence-electron chi connectivity index (χ1n) is 7.56. The summed E-state index contributed by atoms with van der Waals surface area (Å²) in [5.41, 5.74) is 0.556. The Balaban J connectivity index is 1.40. The van der Waals surface area contributed by atoms with Crippen LogP contribution in [0.2, 0.25) is 10.0 Å². The molecule has 0 spiro atoms. The molecule has 1 aromatic carbocycles. The van der Waals surface area contributed by atoms with E-state index in [0.29, 0.717) is 34.5 Å². The van der Waals surface area contributed by atoms with Gasteiger partial charge in [0.15, 0.2) is 5.82 Å². The molecule has 0 radical (unpaired) electrons. The first kappa shape index (κ1) is 15.8. The highest BCUT2D eigenvalue weighted by Crippen LogP contribution is 2.39. The third-order valence-corrected chi connectivity index (χ3v) is 5.28. The number of rotatable bonds is 5. The van der Waals surface area contributed by atoms with Crippen molar-refractivity contribution in [2.24, 2.45) is 0 Å². The summed E-state index contributed by atoms with van der Waals surface area (Å²) in [5, 5.41) is 17.5. The number of carbonyl (C=O) groups is 1. The molecule has 1 aliphatic carbocycles. The molecule has 2 heterocycles. The molecule has 0 aliphatic heterocycles. The summed E-state index contributed by atoms with van der Waals surface area (Å²) in [6.07, 6.45) is 3.17. The largest absolute Gasteiger partial charge is 0.325 e. The minimum absolute atomic E-state index is 0.118. The summed E-state index contributed by atoms with van der Waals surface area (Å²) in [7, 11) is 0. The van der Waals surface area contributed by atoms with E-state index in [2.05, 4.69) is 20.6 Å². The molecular formula is C15H13Cl2N5OS. The summed E-state index contributed by atoms with van der Waals surface area (Å²) >= 11 is 13.4. The maximum atomic E-state index is 12.1. The number of benzene rings is 1. The Labute approximate surface area is 151 Å². The third kappa shape index (κ3) is 3.24. The van der Waals surface area contributed by atoms with Gasteiger partial charge in [-0.25, -0.2) is 0 Å². The zero-order valence-corrected chi connectivity index (χ0v) is 14.8. The van der Waals surface area contributed by atoms with Gasteiger partial charge in [0.2, 0.25) is 10.9 Å². The van der Waals surface area contributed by atoms with E-state index in [0.717, 1.165) is 28.6 Å². The van der Waals surface area contributed by atoms with Crippen molar-refractivity contribution in [3.05, 3.63) is 39.1 Å². The molecule has 1 saturated carbocycles. The molecule has 0 atom stereocenters. The number of aryl methyl sites for hydroxylation is 1. The number of anilines is 1. The van der Waals surface area contributed by atoms with E-state index >= 15 is 0 Å². The van der Waals surface area contributed by atoms with Gasteiger partial charge in [-0.2, -0.15) is 9.61 Å². The molecule has 24 heavy (non-hydrogen) atoms. The molecular weight excluding hydrogens is 369 g/mol. The van der Waals surface area contributed by atoms with Crippen LogP contribution in [0, 0.1) is 0 Å². The van der Waals surface area contributed by atoms with Crippen LogP contribution < -0.4 is 5.32 Å². The van der Waals surface area contributed by atoms with Gasteiger partial charge in [0.1, 0.15) is 5.01 Å². The predicted octanol–water partition coefficient (Wildman–Crippen LogP) is 3.94. The summed E-state index contributed by atoms with van der Waals surface area (Å²) in [5.74, 6) is 1.31. The summed E-state index contributed by atoms with van der Waals surface area (Å²) in [6.45, 7) is 0. The van der Waals surface area contributed by atoms with Crippen LogP contribution in [-0.2, 0) is 11.2 Å².